The maximum absolute atomic E-state index is 9.77. The molecule has 0 saturated heterocycles. The molecule has 3 N–H and O–H groups in total. The fourth-order valence-electron chi connectivity index (χ4n) is 3.13. The first kappa shape index (κ1) is 17.8. The zero-order chi connectivity index (χ0) is 18.5. The van der Waals surface area contributed by atoms with Crippen molar-refractivity contribution in [2.24, 2.45) is 5.84 Å². The van der Waals surface area contributed by atoms with Crippen LogP contribution in [0.5, 0.6) is 11.5 Å². The van der Waals surface area contributed by atoms with Crippen LogP contribution in [0, 0.1) is 11.3 Å². The highest BCUT2D eigenvalue weighted by Gasteiger charge is 2.18. The third kappa shape index (κ3) is 3.23. The van der Waals surface area contributed by atoms with Gasteiger partial charge in [-0.05, 0) is 48.9 Å². The van der Waals surface area contributed by atoms with E-state index in [1.54, 1.807) is 7.11 Å². The van der Waals surface area contributed by atoms with Gasteiger partial charge < -0.3 is 14.0 Å². The molecule has 3 rings (SSSR count). The summed E-state index contributed by atoms with van der Waals surface area (Å²) in [5, 5.41) is 10.7. The molecular weight excluding hydrogens is 328 g/mol. The first-order valence-corrected chi connectivity index (χ1v) is 8.50. The number of aromatic nitrogens is 1. The Labute approximate surface area is 152 Å². The summed E-state index contributed by atoms with van der Waals surface area (Å²) in [5.41, 5.74) is 6.11. The maximum Gasteiger partial charge on any atom is 0.120 e. The number of nitrogens with two attached hydrogens (primary N) is 1. The molecular formula is C20H22N4O2. The normalized spacial score (nSPS) is 10.7. The van der Waals surface area contributed by atoms with Crippen molar-refractivity contribution in [3.63, 3.8) is 0 Å². The van der Waals surface area contributed by atoms with Crippen molar-refractivity contribution < 1.29 is 9.47 Å². The van der Waals surface area contributed by atoms with E-state index in [-0.39, 0.29) is 0 Å². The summed E-state index contributed by atoms with van der Waals surface area (Å²) in [6, 6.07) is 15.9. The fraction of sp³-hybridized carbons (Fsp3) is 0.250. The largest absolute Gasteiger partial charge is 0.497 e. The number of hydrogen-bond donors (Lipinski definition) is 2. The van der Waals surface area contributed by atoms with E-state index in [0.29, 0.717) is 18.7 Å². The Bertz CT molecular complexity index is 939. The fourth-order valence-corrected chi connectivity index (χ4v) is 3.13. The van der Waals surface area contributed by atoms with E-state index in [2.05, 4.69) is 23.0 Å². The Morgan fingerprint density at radius 1 is 1.15 bits per heavy atom. The number of benzene rings is 2. The zero-order valence-corrected chi connectivity index (χ0v) is 15.0. The number of nitrogens with one attached hydrogen (secondary N) is 1. The van der Waals surface area contributed by atoms with Gasteiger partial charge in [0.05, 0.1) is 23.9 Å². The number of ether oxygens (including phenoxy) is 2. The van der Waals surface area contributed by atoms with Crippen LogP contribution in [0.3, 0.4) is 0 Å². The minimum atomic E-state index is 0.494. The lowest BCUT2D eigenvalue weighted by Crippen LogP contribution is -2.27. The molecule has 3 aromatic rings. The number of nitriles is 1. The van der Waals surface area contributed by atoms with E-state index in [4.69, 9.17) is 15.3 Å². The highest BCUT2D eigenvalue weighted by atomic mass is 16.5. The van der Waals surface area contributed by atoms with E-state index < -0.39 is 0 Å². The van der Waals surface area contributed by atoms with Gasteiger partial charge in [-0.3, -0.25) is 11.3 Å². The Morgan fingerprint density at radius 2 is 1.88 bits per heavy atom. The second kappa shape index (κ2) is 7.91. The van der Waals surface area contributed by atoms with Crippen molar-refractivity contribution in [1.29, 1.82) is 5.26 Å². The Balaban J connectivity index is 2.07. The van der Waals surface area contributed by atoms with Crippen molar-refractivity contribution in [2.75, 3.05) is 20.3 Å². The second-order valence-electron chi connectivity index (χ2n) is 5.79. The predicted octanol–water partition coefficient (Wildman–Crippen LogP) is 3.05. The summed E-state index contributed by atoms with van der Waals surface area (Å²) in [4.78, 5) is 0. The van der Waals surface area contributed by atoms with Crippen LogP contribution in [0.2, 0.25) is 0 Å². The molecule has 0 atom stereocenters. The van der Waals surface area contributed by atoms with Gasteiger partial charge in [-0.15, -0.1) is 0 Å². The minimum absolute atomic E-state index is 0.494. The lowest BCUT2D eigenvalue weighted by Gasteiger charge is -2.10. The first-order valence-electron chi connectivity index (χ1n) is 8.50. The van der Waals surface area contributed by atoms with E-state index in [0.717, 1.165) is 40.2 Å². The summed E-state index contributed by atoms with van der Waals surface area (Å²) in [7, 11) is 1.64. The molecule has 26 heavy (non-hydrogen) atoms. The molecule has 1 heterocycles. The number of fused-ring (bicyclic) bond motifs is 1. The molecule has 0 radical (unpaired) electrons. The molecule has 0 aliphatic heterocycles. The van der Waals surface area contributed by atoms with Crippen LogP contribution in [-0.2, 0) is 6.54 Å². The summed E-state index contributed by atoms with van der Waals surface area (Å²) < 4.78 is 13.1. The van der Waals surface area contributed by atoms with E-state index in [9.17, 15) is 5.26 Å². The van der Waals surface area contributed by atoms with Gasteiger partial charge in [-0.1, -0.05) is 0 Å². The topological polar surface area (TPSA) is 85.2 Å². The average molecular weight is 350 g/mol. The SMILES string of the molecule is CCn1c(-c2ccc(OCCNN)cc2)c(C#N)c2ccc(OC)cc21. The lowest BCUT2D eigenvalue weighted by atomic mass is 10.1. The molecule has 0 saturated carbocycles. The molecule has 0 amide bonds. The van der Waals surface area contributed by atoms with Crippen LogP contribution in [0.25, 0.3) is 22.2 Å². The smallest absolute Gasteiger partial charge is 0.120 e. The van der Waals surface area contributed by atoms with Crippen molar-refractivity contribution >= 4 is 10.9 Å². The number of methoxy groups -OCH3 is 1. The summed E-state index contributed by atoms with van der Waals surface area (Å²) in [5.74, 6) is 6.78. The molecule has 134 valence electrons. The monoisotopic (exact) mass is 350 g/mol. The molecule has 0 bridgehead atoms. The third-order valence-corrected chi connectivity index (χ3v) is 4.34. The molecule has 0 fully saturated rings. The molecule has 1 aromatic heterocycles. The highest BCUT2D eigenvalue weighted by Crippen LogP contribution is 2.35. The van der Waals surface area contributed by atoms with Gasteiger partial charge in [-0.2, -0.15) is 5.26 Å². The van der Waals surface area contributed by atoms with Crippen molar-refractivity contribution in [3.8, 4) is 28.8 Å². The standard InChI is InChI=1S/C20H22N4O2/c1-3-24-19-12-16(25-2)8-9-17(19)18(13-21)20(24)14-4-6-15(7-5-14)26-11-10-23-22/h4-9,12,23H,3,10-11,22H2,1-2H3. The summed E-state index contributed by atoms with van der Waals surface area (Å²) in [6.07, 6.45) is 0. The zero-order valence-electron chi connectivity index (χ0n) is 15.0. The van der Waals surface area contributed by atoms with Gasteiger partial charge in [0.2, 0.25) is 0 Å². The molecule has 6 heteroatoms. The van der Waals surface area contributed by atoms with Crippen molar-refractivity contribution in [3.05, 3.63) is 48.0 Å². The number of rotatable bonds is 7. The summed E-state index contributed by atoms with van der Waals surface area (Å²) >= 11 is 0. The first-order chi connectivity index (χ1) is 12.7. The summed E-state index contributed by atoms with van der Waals surface area (Å²) in [6.45, 7) is 3.89. The molecule has 0 unspecified atom stereocenters. The van der Waals surface area contributed by atoms with Crippen LogP contribution in [0.15, 0.2) is 42.5 Å². The lowest BCUT2D eigenvalue weighted by molar-refractivity contribution is 0.315. The average Bonchev–Trinajstić information content (AvgIpc) is 3.01. The van der Waals surface area contributed by atoms with Gasteiger partial charge in [0.25, 0.3) is 0 Å². The van der Waals surface area contributed by atoms with Crippen molar-refractivity contribution in [1.82, 2.24) is 9.99 Å². The van der Waals surface area contributed by atoms with Gasteiger partial charge in [0.15, 0.2) is 0 Å². The van der Waals surface area contributed by atoms with Crippen molar-refractivity contribution in [2.45, 2.75) is 13.5 Å². The van der Waals surface area contributed by atoms with E-state index >= 15 is 0 Å². The van der Waals surface area contributed by atoms with Crippen LogP contribution in [0.4, 0.5) is 0 Å². The quantitative estimate of drug-likeness (QED) is 0.389. The number of aryl methyl sites for hydroxylation is 1. The molecule has 6 nitrogen and oxygen atoms in total. The third-order valence-electron chi connectivity index (χ3n) is 4.34. The molecule has 0 spiro atoms. The van der Waals surface area contributed by atoms with E-state index in [1.807, 2.05) is 42.5 Å². The Morgan fingerprint density at radius 3 is 2.50 bits per heavy atom. The molecule has 0 aliphatic rings. The van der Waals surface area contributed by atoms with Gasteiger partial charge >= 0.3 is 0 Å². The van der Waals surface area contributed by atoms with E-state index in [1.165, 1.54) is 0 Å². The second-order valence-corrected chi connectivity index (χ2v) is 5.79. The molecule has 0 aliphatic carbocycles. The van der Waals surface area contributed by atoms with Gasteiger partial charge in [-0.25, -0.2) is 0 Å². The Kier molecular flexibility index (Phi) is 5.42. The number of nitrogens with zero attached hydrogens (tertiary/aromatic N) is 2. The predicted molar refractivity (Wildman–Crippen MR) is 102 cm³/mol. The van der Waals surface area contributed by atoms with Gasteiger partial charge in [0.1, 0.15) is 24.2 Å². The molecule has 2 aromatic carbocycles. The Hall–Kier alpha value is -3.01. The van der Waals surface area contributed by atoms with Crippen LogP contribution < -0.4 is 20.7 Å². The van der Waals surface area contributed by atoms with Crippen LogP contribution >= 0.6 is 0 Å². The minimum Gasteiger partial charge on any atom is -0.497 e. The van der Waals surface area contributed by atoms with Crippen LogP contribution in [0.1, 0.15) is 12.5 Å². The van der Waals surface area contributed by atoms with Gasteiger partial charge in [0, 0.05) is 24.5 Å². The number of hydrazine groups is 1. The number of hydrogen-bond acceptors (Lipinski definition) is 5. The van der Waals surface area contributed by atoms with Crippen LogP contribution in [-0.4, -0.2) is 24.8 Å². The highest BCUT2D eigenvalue weighted by molar-refractivity contribution is 5.95. The maximum atomic E-state index is 9.77.